The van der Waals surface area contributed by atoms with Gasteiger partial charge in [0.25, 0.3) is 0 Å². The summed E-state index contributed by atoms with van der Waals surface area (Å²) in [5.74, 6) is -1.98. The van der Waals surface area contributed by atoms with Gasteiger partial charge in [-0.25, -0.2) is 0 Å². The summed E-state index contributed by atoms with van der Waals surface area (Å²) < 4.78 is 36.8. The summed E-state index contributed by atoms with van der Waals surface area (Å²) in [6, 6.07) is 8.74. The molecule has 30 heavy (non-hydrogen) atoms. The van der Waals surface area contributed by atoms with Crippen molar-refractivity contribution in [1.82, 2.24) is 4.90 Å². The topological polar surface area (TPSA) is 162 Å². The van der Waals surface area contributed by atoms with E-state index in [1.165, 1.54) is 0 Å². The lowest BCUT2D eigenvalue weighted by atomic mass is 9.76. The standard InChI is InChI=1S/C19H25NO5.H2O4S/c1-20-13-8-9-14(20)16(19(24)25-11-5-10-21)18(23)15(13)17(22)12-6-3-2-4-7-12;1-5(2,3)4/h2-4,6-7,13-16,18,21,23H,5,8-11H2,1H3;(H2,1,2,3,4)/t13-,14+,15?,16+,18-;/m0./s1. The zero-order valence-electron chi connectivity index (χ0n) is 16.5. The quantitative estimate of drug-likeness (QED) is 0.206. The zero-order valence-corrected chi connectivity index (χ0v) is 17.3. The molecule has 0 radical (unpaired) electrons. The van der Waals surface area contributed by atoms with Crippen LogP contribution < -0.4 is 0 Å². The number of esters is 1. The number of piperidine rings is 1. The number of carbonyl (C=O) groups excluding carboxylic acids is 2. The maximum absolute atomic E-state index is 13.0. The van der Waals surface area contributed by atoms with E-state index in [1.807, 2.05) is 13.1 Å². The Morgan fingerprint density at radius 3 is 2.17 bits per heavy atom. The molecule has 0 aromatic heterocycles. The van der Waals surface area contributed by atoms with E-state index in [0.717, 1.165) is 12.8 Å². The molecule has 3 rings (SSSR count). The Hall–Kier alpha value is -1.89. The molecule has 2 aliphatic rings. The lowest BCUT2D eigenvalue weighted by Gasteiger charge is -2.44. The Morgan fingerprint density at radius 2 is 1.63 bits per heavy atom. The maximum atomic E-state index is 13.0. The summed E-state index contributed by atoms with van der Waals surface area (Å²) in [5.41, 5.74) is 0.553. The molecule has 2 fully saturated rings. The highest BCUT2D eigenvalue weighted by Crippen LogP contribution is 2.43. The molecule has 0 spiro atoms. The van der Waals surface area contributed by atoms with Gasteiger partial charge in [0, 0.05) is 30.7 Å². The monoisotopic (exact) mass is 445 g/mol. The van der Waals surface area contributed by atoms with Crippen molar-refractivity contribution in [1.29, 1.82) is 0 Å². The number of ketones is 1. The van der Waals surface area contributed by atoms with E-state index in [2.05, 4.69) is 4.90 Å². The Bertz CT molecular complexity index is 822. The average molecular weight is 445 g/mol. The summed E-state index contributed by atoms with van der Waals surface area (Å²) in [4.78, 5) is 27.6. The molecule has 0 saturated carbocycles. The molecule has 1 aromatic carbocycles. The van der Waals surface area contributed by atoms with Crippen LogP contribution in [0.25, 0.3) is 0 Å². The Balaban J connectivity index is 0.000000575. The fraction of sp³-hybridized carbons (Fsp3) is 0.579. The molecule has 2 aliphatic heterocycles. The first-order valence-corrected chi connectivity index (χ1v) is 10.9. The number of Topliss-reactive ketones (excluding diaryl/α,β-unsaturated/α-hetero) is 1. The van der Waals surface area contributed by atoms with Gasteiger partial charge < -0.3 is 14.9 Å². The number of hydrogen-bond acceptors (Lipinski definition) is 8. The first-order chi connectivity index (χ1) is 14.1. The van der Waals surface area contributed by atoms with Crippen molar-refractivity contribution in [3.63, 3.8) is 0 Å². The molecule has 11 heteroatoms. The van der Waals surface area contributed by atoms with Gasteiger partial charge in [0.15, 0.2) is 5.78 Å². The van der Waals surface area contributed by atoms with Crippen LogP contribution in [0.3, 0.4) is 0 Å². The van der Waals surface area contributed by atoms with Crippen molar-refractivity contribution in [2.45, 2.75) is 37.5 Å². The van der Waals surface area contributed by atoms with Crippen LogP contribution in [0.4, 0.5) is 0 Å². The smallest absolute Gasteiger partial charge is 0.394 e. The van der Waals surface area contributed by atoms with Gasteiger partial charge in [-0.05, 0) is 19.9 Å². The van der Waals surface area contributed by atoms with Gasteiger partial charge in [-0.3, -0.25) is 23.6 Å². The minimum absolute atomic E-state index is 0.0545. The van der Waals surface area contributed by atoms with Crippen LogP contribution in [0, 0.1) is 11.8 Å². The van der Waals surface area contributed by atoms with Gasteiger partial charge in [-0.1, -0.05) is 30.3 Å². The van der Waals surface area contributed by atoms with Crippen molar-refractivity contribution in [3.05, 3.63) is 35.9 Å². The Labute approximate surface area is 175 Å². The number of rotatable bonds is 6. The predicted octanol–water partition coefficient (Wildman–Crippen LogP) is 0.212. The third-order valence-electron chi connectivity index (χ3n) is 5.55. The van der Waals surface area contributed by atoms with E-state index < -0.39 is 34.3 Å². The molecule has 0 aliphatic carbocycles. The van der Waals surface area contributed by atoms with Crippen LogP contribution in [0.5, 0.6) is 0 Å². The van der Waals surface area contributed by atoms with Crippen molar-refractivity contribution >= 4 is 22.2 Å². The van der Waals surface area contributed by atoms with E-state index in [4.69, 9.17) is 27.4 Å². The molecule has 10 nitrogen and oxygen atoms in total. The van der Waals surface area contributed by atoms with Crippen LogP contribution in [0.1, 0.15) is 29.6 Å². The number of benzene rings is 1. The summed E-state index contributed by atoms with van der Waals surface area (Å²) >= 11 is 0. The number of carbonyl (C=O) groups is 2. The number of nitrogens with zero attached hydrogens (tertiary/aromatic N) is 1. The van der Waals surface area contributed by atoms with Crippen molar-refractivity contribution in [3.8, 4) is 0 Å². The highest BCUT2D eigenvalue weighted by Gasteiger charge is 2.56. The molecule has 0 amide bonds. The second-order valence-corrected chi connectivity index (χ2v) is 8.24. The summed E-state index contributed by atoms with van der Waals surface area (Å²) in [6.45, 7) is 0.0662. The highest BCUT2D eigenvalue weighted by atomic mass is 32.3. The van der Waals surface area contributed by atoms with Gasteiger partial charge in [-0.15, -0.1) is 0 Å². The molecular formula is C19H27NO9S. The number of hydrogen-bond donors (Lipinski definition) is 4. The molecule has 2 heterocycles. The lowest BCUT2D eigenvalue weighted by Crippen LogP contribution is -2.59. The normalized spacial score (nSPS) is 28.4. The minimum Gasteiger partial charge on any atom is -0.465 e. The lowest BCUT2D eigenvalue weighted by molar-refractivity contribution is -0.161. The van der Waals surface area contributed by atoms with Crippen LogP contribution >= 0.6 is 0 Å². The SMILES string of the molecule is CN1[C@@H]2CC[C@H]1C(C(=O)c1ccccc1)[C@H](O)[C@@H]2C(=O)OCCCO.O=S(=O)(O)O. The highest BCUT2D eigenvalue weighted by molar-refractivity contribution is 7.79. The zero-order chi connectivity index (χ0) is 22.5. The summed E-state index contributed by atoms with van der Waals surface area (Å²) in [5, 5.41) is 19.7. The molecule has 2 saturated heterocycles. The van der Waals surface area contributed by atoms with Gasteiger partial charge >= 0.3 is 16.4 Å². The van der Waals surface area contributed by atoms with E-state index in [-0.39, 0.29) is 31.1 Å². The summed E-state index contributed by atoms with van der Waals surface area (Å²) in [7, 11) is -2.76. The van der Waals surface area contributed by atoms with E-state index in [0.29, 0.717) is 12.0 Å². The molecule has 168 valence electrons. The first-order valence-electron chi connectivity index (χ1n) is 9.53. The first kappa shape index (κ1) is 24.4. The fourth-order valence-electron chi connectivity index (χ4n) is 4.29. The number of aliphatic hydroxyl groups excluding tert-OH is 2. The van der Waals surface area contributed by atoms with Crippen LogP contribution in [-0.2, 0) is 19.9 Å². The molecule has 4 N–H and O–H groups in total. The third kappa shape index (κ3) is 6.06. The number of aliphatic hydroxyl groups is 2. The second-order valence-electron chi connectivity index (χ2n) is 7.34. The van der Waals surface area contributed by atoms with E-state index >= 15 is 0 Å². The van der Waals surface area contributed by atoms with Crippen molar-refractivity contribution in [2.75, 3.05) is 20.3 Å². The molecule has 1 unspecified atom stereocenters. The summed E-state index contributed by atoms with van der Waals surface area (Å²) in [6.07, 6.45) is 0.853. The van der Waals surface area contributed by atoms with Gasteiger partial charge in [0.1, 0.15) is 0 Å². The molecular weight excluding hydrogens is 418 g/mol. The number of fused-ring (bicyclic) bond motifs is 2. The van der Waals surface area contributed by atoms with Gasteiger partial charge in [0.05, 0.1) is 24.5 Å². The molecule has 2 bridgehead atoms. The van der Waals surface area contributed by atoms with Crippen LogP contribution in [-0.4, -0.2) is 82.8 Å². The van der Waals surface area contributed by atoms with Gasteiger partial charge in [-0.2, -0.15) is 8.42 Å². The maximum Gasteiger partial charge on any atom is 0.394 e. The van der Waals surface area contributed by atoms with Crippen molar-refractivity contribution in [2.24, 2.45) is 11.8 Å². The second kappa shape index (κ2) is 10.4. The Morgan fingerprint density at radius 1 is 1.10 bits per heavy atom. The fourth-order valence-corrected chi connectivity index (χ4v) is 4.29. The largest absolute Gasteiger partial charge is 0.465 e. The van der Waals surface area contributed by atoms with Gasteiger partial charge in [0.2, 0.25) is 0 Å². The van der Waals surface area contributed by atoms with Crippen LogP contribution in [0.2, 0.25) is 0 Å². The van der Waals surface area contributed by atoms with Crippen molar-refractivity contribution < 1.29 is 42.1 Å². The predicted molar refractivity (Wildman–Crippen MR) is 105 cm³/mol. The number of ether oxygens (including phenoxy) is 1. The van der Waals surface area contributed by atoms with Crippen LogP contribution in [0.15, 0.2) is 30.3 Å². The van der Waals surface area contributed by atoms with E-state index in [9.17, 15) is 14.7 Å². The molecule has 1 aromatic rings. The average Bonchev–Trinajstić information content (AvgIpc) is 2.94. The third-order valence-corrected chi connectivity index (χ3v) is 5.55. The van der Waals surface area contributed by atoms with E-state index in [1.54, 1.807) is 24.3 Å². The minimum atomic E-state index is -4.67. The Kier molecular flexibility index (Phi) is 8.47. The molecule has 5 atom stereocenters.